The van der Waals surface area contributed by atoms with Crippen LogP contribution in [-0.2, 0) is 4.79 Å². The van der Waals surface area contributed by atoms with E-state index >= 15 is 0 Å². The third-order valence-corrected chi connectivity index (χ3v) is 3.49. The van der Waals surface area contributed by atoms with Gasteiger partial charge in [0.1, 0.15) is 0 Å². The van der Waals surface area contributed by atoms with E-state index in [1.165, 1.54) is 12.8 Å². The van der Waals surface area contributed by atoms with E-state index in [1.807, 2.05) is 12.1 Å². The number of carboxylic acid groups (broad SMARTS) is 1. The maximum atomic E-state index is 10.6. The van der Waals surface area contributed by atoms with E-state index in [2.05, 4.69) is 11.8 Å². The first kappa shape index (κ1) is 13.0. The van der Waals surface area contributed by atoms with Crippen LogP contribution >= 0.6 is 11.6 Å². The van der Waals surface area contributed by atoms with E-state index in [-0.39, 0.29) is 0 Å². The molecule has 1 atom stereocenters. The molecule has 0 saturated carbocycles. The predicted molar refractivity (Wildman–Crippen MR) is 74.2 cm³/mol. The van der Waals surface area contributed by atoms with E-state index in [9.17, 15) is 4.79 Å². The highest BCUT2D eigenvalue weighted by Crippen LogP contribution is 2.31. The van der Waals surface area contributed by atoms with Gasteiger partial charge < -0.3 is 10.0 Å². The standard InChI is InChI=1S/C14H16ClNO2/c1-10-3-2-8-16(10)13-6-5-12(15)9-11(13)4-7-14(17)18/h4-7,9-10H,2-3,8H2,1H3,(H,17,18)/b7-4+. The molecule has 96 valence electrons. The topological polar surface area (TPSA) is 40.5 Å². The Labute approximate surface area is 112 Å². The normalized spacial score (nSPS) is 19.7. The molecule has 3 nitrogen and oxygen atoms in total. The molecule has 0 bridgehead atoms. The van der Waals surface area contributed by atoms with Gasteiger partial charge in [0, 0.05) is 29.4 Å². The molecule has 1 saturated heterocycles. The van der Waals surface area contributed by atoms with Crippen LogP contribution in [0.4, 0.5) is 5.69 Å². The SMILES string of the molecule is CC1CCCN1c1ccc(Cl)cc1/C=C/C(=O)O. The van der Waals surface area contributed by atoms with Crippen LogP contribution in [-0.4, -0.2) is 23.7 Å². The first-order valence-corrected chi connectivity index (χ1v) is 6.43. The Balaban J connectivity index is 2.36. The summed E-state index contributed by atoms with van der Waals surface area (Å²) in [7, 11) is 0. The third kappa shape index (κ3) is 2.85. The van der Waals surface area contributed by atoms with Crippen LogP contribution in [0.3, 0.4) is 0 Å². The summed E-state index contributed by atoms with van der Waals surface area (Å²) in [5.41, 5.74) is 1.92. The van der Waals surface area contributed by atoms with Crippen molar-refractivity contribution >= 4 is 29.3 Å². The Hall–Kier alpha value is -1.48. The van der Waals surface area contributed by atoms with Crippen molar-refractivity contribution in [1.82, 2.24) is 0 Å². The summed E-state index contributed by atoms with van der Waals surface area (Å²) in [5, 5.41) is 9.34. The lowest BCUT2D eigenvalue weighted by molar-refractivity contribution is -0.131. The summed E-state index contributed by atoms with van der Waals surface area (Å²) >= 11 is 5.98. The number of anilines is 1. The summed E-state index contributed by atoms with van der Waals surface area (Å²) in [6.45, 7) is 3.20. The highest BCUT2D eigenvalue weighted by atomic mass is 35.5. The molecule has 0 aliphatic carbocycles. The molecule has 0 amide bonds. The Bertz CT molecular complexity index is 485. The summed E-state index contributed by atoms with van der Waals surface area (Å²) in [6.07, 6.45) is 5.10. The highest BCUT2D eigenvalue weighted by molar-refractivity contribution is 6.30. The zero-order chi connectivity index (χ0) is 13.1. The Morgan fingerprint density at radius 2 is 2.33 bits per heavy atom. The van der Waals surface area contributed by atoms with Crippen molar-refractivity contribution in [2.24, 2.45) is 0 Å². The fraction of sp³-hybridized carbons (Fsp3) is 0.357. The summed E-state index contributed by atoms with van der Waals surface area (Å²) in [4.78, 5) is 12.9. The zero-order valence-electron chi connectivity index (χ0n) is 10.3. The average molecular weight is 266 g/mol. The summed E-state index contributed by atoms with van der Waals surface area (Å²) in [6, 6.07) is 6.11. The van der Waals surface area contributed by atoms with Gasteiger partial charge in [-0.05, 0) is 49.6 Å². The molecule has 0 radical (unpaired) electrons. The van der Waals surface area contributed by atoms with E-state index in [1.54, 1.807) is 12.1 Å². The van der Waals surface area contributed by atoms with Crippen molar-refractivity contribution in [1.29, 1.82) is 0 Å². The van der Waals surface area contributed by atoms with Crippen LogP contribution in [0.1, 0.15) is 25.3 Å². The number of hydrogen-bond acceptors (Lipinski definition) is 2. The molecule has 0 spiro atoms. The minimum Gasteiger partial charge on any atom is -0.478 e. The van der Waals surface area contributed by atoms with Gasteiger partial charge >= 0.3 is 5.97 Å². The lowest BCUT2D eigenvalue weighted by atomic mass is 10.1. The lowest BCUT2D eigenvalue weighted by Gasteiger charge is -2.25. The minimum atomic E-state index is -0.949. The molecule has 0 aromatic heterocycles. The van der Waals surface area contributed by atoms with Crippen molar-refractivity contribution in [3.8, 4) is 0 Å². The molecule has 1 heterocycles. The van der Waals surface area contributed by atoms with Crippen molar-refractivity contribution < 1.29 is 9.90 Å². The molecule has 2 rings (SSSR count). The number of halogens is 1. The summed E-state index contributed by atoms with van der Waals surface area (Å²) in [5.74, 6) is -0.949. The highest BCUT2D eigenvalue weighted by Gasteiger charge is 2.22. The Morgan fingerprint density at radius 1 is 1.56 bits per heavy atom. The van der Waals surface area contributed by atoms with Crippen molar-refractivity contribution in [3.05, 3.63) is 34.9 Å². The van der Waals surface area contributed by atoms with E-state index in [4.69, 9.17) is 16.7 Å². The Morgan fingerprint density at radius 3 is 2.94 bits per heavy atom. The number of carbonyl (C=O) groups is 1. The van der Waals surface area contributed by atoms with Gasteiger partial charge in [0.2, 0.25) is 0 Å². The predicted octanol–water partition coefficient (Wildman–Crippen LogP) is 3.43. The second kappa shape index (κ2) is 5.44. The van der Waals surface area contributed by atoms with E-state index < -0.39 is 5.97 Å². The van der Waals surface area contributed by atoms with Crippen molar-refractivity contribution in [3.63, 3.8) is 0 Å². The zero-order valence-corrected chi connectivity index (χ0v) is 11.0. The molecule has 1 unspecified atom stereocenters. The number of carboxylic acids is 1. The number of nitrogens with zero attached hydrogens (tertiary/aromatic N) is 1. The average Bonchev–Trinajstić information content (AvgIpc) is 2.73. The van der Waals surface area contributed by atoms with Gasteiger partial charge in [-0.3, -0.25) is 0 Å². The quantitative estimate of drug-likeness (QED) is 0.852. The molecule has 1 aromatic rings. The molecule has 1 N–H and O–H groups in total. The van der Waals surface area contributed by atoms with Crippen LogP contribution in [0.5, 0.6) is 0 Å². The van der Waals surface area contributed by atoms with Gasteiger partial charge in [0.15, 0.2) is 0 Å². The number of benzene rings is 1. The van der Waals surface area contributed by atoms with Gasteiger partial charge in [0.05, 0.1) is 0 Å². The largest absolute Gasteiger partial charge is 0.478 e. The molecule has 4 heteroatoms. The maximum Gasteiger partial charge on any atom is 0.328 e. The van der Waals surface area contributed by atoms with E-state index in [0.29, 0.717) is 11.1 Å². The lowest BCUT2D eigenvalue weighted by Crippen LogP contribution is -2.26. The molecule has 1 aliphatic heterocycles. The van der Waals surface area contributed by atoms with Crippen LogP contribution in [0.2, 0.25) is 5.02 Å². The van der Waals surface area contributed by atoms with Gasteiger partial charge in [-0.1, -0.05) is 11.6 Å². The first-order chi connectivity index (χ1) is 8.58. The van der Waals surface area contributed by atoms with Gasteiger partial charge in [-0.25, -0.2) is 4.79 Å². The monoisotopic (exact) mass is 265 g/mol. The van der Waals surface area contributed by atoms with Crippen LogP contribution in [0, 0.1) is 0 Å². The first-order valence-electron chi connectivity index (χ1n) is 6.05. The second-order valence-corrected chi connectivity index (χ2v) is 5.00. The van der Waals surface area contributed by atoms with Crippen LogP contribution in [0.25, 0.3) is 6.08 Å². The van der Waals surface area contributed by atoms with Crippen molar-refractivity contribution in [2.75, 3.05) is 11.4 Å². The maximum absolute atomic E-state index is 10.6. The Kier molecular flexibility index (Phi) is 3.92. The summed E-state index contributed by atoms with van der Waals surface area (Å²) < 4.78 is 0. The molecule has 1 aromatic carbocycles. The smallest absolute Gasteiger partial charge is 0.328 e. The van der Waals surface area contributed by atoms with Gasteiger partial charge in [0.25, 0.3) is 0 Å². The minimum absolute atomic E-state index is 0.489. The third-order valence-electron chi connectivity index (χ3n) is 3.26. The number of rotatable bonds is 3. The molecular formula is C14H16ClNO2. The van der Waals surface area contributed by atoms with E-state index in [0.717, 1.165) is 23.9 Å². The molecule has 1 fully saturated rings. The van der Waals surface area contributed by atoms with Gasteiger partial charge in [-0.2, -0.15) is 0 Å². The molecule has 1 aliphatic rings. The van der Waals surface area contributed by atoms with Crippen molar-refractivity contribution in [2.45, 2.75) is 25.8 Å². The second-order valence-electron chi connectivity index (χ2n) is 4.56. The molecular weight excluding hydrogens is 250 g/mol. The van der Waals surface area contributed by atoms with Crippen LogP contribution < -0.4 is 4.90 Å². The van der Waals surface area contributed by atoms with Gasteiger partial charge in [-0.15, -0.1) is 0 Å². The van der Waals surface area contributed by atoms with Crippen LogP contribution in [0.15, 0.2) is 24.3 Å². The number of hydrogen-bond donors (Lipinski definition) is 1. The fourth-order valence-electron chi connectivity index (χ4n) is 2.37. The number of aliphatic carboxylic acids is 1. The molecule has 18 heavy (non-hydrogen) atoms. The fourth-order valence-corrected chi connectivity index (χ4v) is 2.55.